The van der Waals surface area contributed by atoms with Crippen molar-refractivity contribution in [1.29, 1.82) is 0 Å². The number of aromatic nitrogens is 5. The van der Waals surface area contributed by atoms with E-state index in [0.29, 0.717) is 47.7 Å². The molecular weight excluding hydrogens is 693 g/mol. The lowest BCUT2D eigenvalue weighted by atomic mass is 10.1. The standard InChI is InChI=1S/C42H46N10O3/c1-4-5-9-31-25-40(52(49-31)32-14-12-29(2)13-15-32)48-42(54)46-35-16-17-37(34-11-7-6-10-33(34)35)55-28-30-18-19-43-38(24-30)47-39-27-44-36(26-45-39)41(53)51-21-8-20-50(3)22-23-51/h6-7,10-19,24-27H,4-5,8-9,20-23,28H2,1-3H3,(H,43,45,47)(H2,46,48,54). The van der Waals surface area contributed by atoms with Crippen molar-refractivity contribution in [1.82, 2.24) is 34.5 Å². The monoisotopic (exact) mass is 738 g/mol. The third-order valence-electron chi connectivity index (χ3n) is 9.55. The Balaban J connectivity index is 0.997. The topological polar surface area (TPSA) is 142 Å². The maximum absolute atomic E-state index is 13.4. The predicted molar refractivity (Wildman–Crippen MR) is 215 cm³/mol. The van der Waals surface area contributed by atoms with Gasteiger partial charge in [0, 0.05) is 42.7 Å². The summed E-state index contributed by atoms with van der Waals surface area (Å²) in [5.74, 6) is 2.21. The number of pyridine rings is 1. The van der Waals surface area contributed by atoms with Crippen LogP contribution in [0, 0.1) is 6.92 Å². The Hall–Kier alpha value is -6.34. The summed E-state index contributed by atoms with van der Waals surface area (Å²) in [5.41, 5.74) is 4.81. The third-order valence-corrected chi connectivity index (χ3v) is 9.55. The molecule has 3 N–H and O–H groups in total. The van der Waals surface area contributed by atoms with Gasteiger partial charge in [-0.15, -0.1) is 0 Å². The Morgan fingerprint density at radius 2 is 1.67 bits per heavy atom. The molecule has 1 saturated heterocycles. The van der Waals surface area contributed by atoms with Gasteiger partial charge in [-0.25, -0.2) is 24.4 Å². The van der Waals surface area contributed by atoms with Gasteiger partial charge in [0.2, 0.25) is 0 Å². The van der Waals surface area contributed by atoms with Gasteiger partial charge in [-0.2, -0.15) is 5.10 Å². The number of carbonyl (C=O) groups excluding carboxylic acids is 2. The maximum atomic E-state index is 13.4. The van der Waals surface area contributed by atoms with Crippen LogP contribution in [0.5, 0.6) is 5.75 Å². The van der Waals surface area contributed by atoms with Gasteiger partial charge < -0.3 is 25.2 Å². The second-order valence-corrected chi connectivity index (χ2v) is 13.8. The Morgan fingerprint density at radius 3 is 2.47 bits per heavy atom. The number of fused-ring (bicyclic) bond motifs is 1. The fourth-order valence-corrected chi connectivity index (χ4v) is 6.50. The second-order valence-electron chi connectivity index (χ2n) is 13.8. The lowest BCUT2D eigenvalue weighted by Gasteiger charge is -2.19. The molecule has 0 radical (unpaired) electrons. The fraction of sp³-hybridized carbons (Fsp3) is 0.286. The molecule has 13 nitrogen and oxygen atoms in total. The van der Waals surface area contributed by atoms with Crippen molar-refractivity contribution in [2.45, 2.75) is 46.1 Å². The van der Waals surface area contributed by atoms with E-state index in [1.54, 1.807) is 17.1 Å². The summed E-state index contributed by atoms with van der Waals surface area (Å²) < 4.78 is 8.10. The Morgan fingerprint density at radius 1 is 0.836 bits per heavy atom. The highest BCUT2D eigenvalue weighted by Crippen LogP contribution is 2.32. The second kappa shape index (κ2) is 17.2. The number of amides is 3. The van der Waals surface area contributed by atoms with E-state index in [0.717, 1.165) is 72.1 Å². The Kier molecular flexibility index (Phi) is 11.6. The van der Waals surface area contributed by atoms with Crippen molar-refractivity contribution >= 4 is 45.9 Å². The van der Waals surface area contributed by atoms with Gasteiger partial charge in [0.25, 0.3) is 5.91 Å². The summed E-state index contributed by atoms with van der Waals surface area (Å²) in [5, 5.41) is 15.7. The van der Waals surface area contributed by atoms with Gasteiger partial charge in [-0.1, -0.05) is 55.3 Å². The molecule has 7 rings (SSSR count). The van der Waals surface area contributed by atoms with E-state index in [1.807, 2.05) is 90.7 Å². The van der Waals surface area contributed by atoms with Gasteiger partial charge >= 0.3 is 6.03 Å². The minimum Gasteiger partial charge on any atom is -0.488 e. The molecular formula is C42H46N10O3. The molecule has 282 valence electrons. The van der Waals surface area contributed by atoms with Gasteiger partial charge in [-0.05, 0) is 81.7 Å². The number of unbranched alkanes of at least 4 members (excludes halogenated alkanes) is 1. The lowest BCUT2D eigenvalue weighted by Crippen LogP contribution is -2.35. The highest BCUT2D eigenvalue weighted by Gasteiger charge is 2.20. The number of likely N-dealkylation sites (N-methyl/N-ethyl adjacent to an activating group) is 1. The van der Waals surface area contributed by atoms with Crippen LogP contribution >= 0.6 is 0 Å². The molecule has 4 heterocycles. The van der Waals surface area contributed by atoms with Crippen LogP contribution in [0.1, 0.15) is 53.5 Å². The number of hydrogen-bond donors (Lipinski definition) is 3. The fourth-order valence-electron chi connectivity index (χ4n) is 6.50. The summed E-state index contributed by atoms with van der Waals surface area (Å²) in [6, 6.07) is 24.9. The van der Waals surface area contributed by atoms with Gasteiger partial charge in [-0.3, -0.25) is 10.1 Å². The summed E-state index contributed by atoms with van der Waals surface area (Å²) in [6.07, 6.45) is 8.59. The molecule has 1 aliphatic heterocycles. The number of ether oxygens (including phenoxy) is 1. The smallest absolute Gasteiger partial charge is 0.324 e. The summed E-state index contributed by atoms with van der Waals surface area (Å²) in [6.45, 7) is 7.66. The van der Waals surface area contributed by atoms with Gasteiger partial charge in [0.05, 0.1) is 29.5 Å². The molecule has 3 aromatic heterocycles. The largest absolute Gasteiger partial charge is 0.488 e. The van der Waals surface area contributed by atoms with E-state index in [-0.39, 0.29) is 18.5 Å². The number of nitrogens with one attached hydrogen (secondary N) is 3. The highest BCUT2D eigenvalue weighted by molar-refractivity contribution is 6.07. The molecule has 0 atom stereocenters. The molecule has 1 fully saturated rings. The van der Waals surface area contributed by atoms with E-state index in [2.05, 4.69) is 49.8 Å². The van der Waals surface area contributed by atoms with Crippen molar-refractivity contribution in [3.63, 3.8) is 0 Å². The number of hydrogen-bond acceptors (Lipinski definition) is 9. The zero-order valence-electron chi connectivity index (χ0n) is 31.5. The molecule has 0 spiro atoms. The first-order valence-corrected chi connectivity index (χ1v) is 18.7. The minimum absolute atomic E-state index is 0.107. The number of nitrogens with zero attached hydrogens (tertiary/aromatic N) is 7. The van der Waals surface area contributed by atoms with E-state index in [4.69, 9.17) is 9.84 Å². The van der Waals surface area contributed by atoms with Gasteiger partial charge in [0.15, 0.2) is 0 Å². The first kappa shape index (κ1) is 37.0. The minimum atomic E-state index is -0.373. The molecule has 1 aliphatic rings. The van der Waals surface area contributed by atoms with Crippen LogP contribution in [0.3, 0.4) is 0 Å². The highest BCUT2D eigenvalue weighted by atomic mass is 16.5. The van der Waals surface area contributed by atoms with Crippen LogP contribution in [-0.4, -0.2) is 79.7 Å². The molecule has 3 aromatic carbocycles. The van der Waals surface area contributed by atoms with Crippen molar-refractivity contribution in [2.75, 3.05) is 49.2 Å². The molecule has 0 unspecified atom stereocenters. The summed E-state index contributed by atoms with van der Waals surface area (Å²) in [4.78, 5) is 43.8. The van der Waals surface area contributed by atoms with Crippen molar-refractivity contribution < 1.29 is 14.3 Å². The lowest BCUT2D eigenvalue weighted by molar-refractivity contribution is 0.0756. The van der Waals surface area contributed by atoms with Crippen LogP contribution in [0.15, 0.2) is 97.5 Å². The van der Waals surface area contributed by atoms with Crippen molar-refractivity contribution in [2.24, 2.45) is 0 Å². The number of carbonyl (C=O) groups is 2. The number of rotatable bonds is 12. The van der Waals surface area contributed by atoms with Crippen LogP contribution in [0.4, 0.5) is 27.9 Å². The first-order chi connectivity index (χ1) is 26.8. The third kappa shape index (κ3) is 9.25. The SMILES string of the molecule is CCCCc1cc(NC(=O)Nc2ccc(OCc3ccnc(Nc4cnc(C(=O)N5CCCN(C)CC5)cn4)c3)c3ccccc23)n(-c2ccc(C)cc2)n1. The van der Waals surface area contributed by atoms with Gasteiger partial charge in [0.1, 0.15) is 35.5 Å². The molecule has 0 saturated carbocycles. The van der Waals surface area contributed by atoms with E-state index in [9.17, 15) is 9.59 Å². The zero-order chi connectivity index (χ0) is 38.1. The number of anilines is 4. The predicted octanol–water partition coefficient (Wildman–Crippen LogP) is 7.61. The Bertz CT molecular complexity index is 2260. The average molecular weight is 739 g/mol. The van der Waals surface area contributed by atoms with Crippen molar-refractivity contribution in [3.8, 4) is 11.4 Å². The van der Waals surface area contributed by atoms with E-state index in [1.165, 1.54) is 6.20 Å². The summed E-state index contributed by atoms with van der Waals surface area (Å²) >= 11 is 0. The molecule has 13 heteroatoms. The van der Waals surface area contributed by atoms with E-state index < -0.39 is 0 Å². The molecule has 55 heavy (non-hydrogen) atoms. The number of aryl methyl sites for hydroxylation is 2. The van der Waals surface area contributed by atoms with Crippen LogP contribution in [0.25, 0.3) is 16.5 Å². The number of urea groups is 1. The van der Waals surface area contributed by atoms with Crippen LogP contribution in [0.2, 0.25) is 0 Å². The average Bonchev–Trinajstić information content (AvgIpc) is 3.46. The molecule has 0 bridgehead atoms. The summed E-state index contributed by atoms with van der Waals surface area (Å²) in [7, 11) is 2.07. The first-order valence-electron chi connectivity index (χ1n) is 18.7. The number of benzene rings is 3. The molecule has 0 aliphatic carbocycles. The quantitative estimate of drug-likeness (QED) is 0.116. The Labute approximate surface area is 320 Å². The van der Waals surface area contributed by atoms with Crippen LogP contribution < -0.4 is 20.7 Å². The van der Waals surface area contributed by atoms with E-state index >= 15 is 0 Å². The van der Waals surface area contributed by atoms with Crippen molar-refractivity contribution in [3.05, 3.63) is 120 Å². The van der Waals surface area contributed by atoms with Crippen LogP contribution in [-0.2, 0) is 13.0 Å². The zero-order valence-corrected chi connectivity index (χ0v) is 31.5. The maximum Gasteiger partial charge on any atom is 0.324 e. The normalized spacial score (nSPS) is 13.3. The molecule has 6 aromatic rings. The molecule has 3 amide bonds.